The molecule has 1 nitrogen and oxygen atoms in total. The number of benzene rings is 1. The summed E-state index contributed by atoms with van der Waals surface area (Å²) in [6, 6.07) is 15.9. The average molecular weight is 316 g/mol. The molecule has 0 spiro atoms. The minimum Gasteiger partial charge on any atom is -0.309 e. The normalized spacial score (nSPS) is 12.8. The summed E-state index contributed by atoms with van der Waals surface area (Å²) in [5.41, 5.74) is 0. The predicted octanol–water partition coefficient (Wildman–Crippen LogP) is 5.64. The predicted molar refractivity (Wildman–Crippen MR) is 95.5 cm³/mol. The highest BCUT2D eigenvalue weighted by molar-refractivity contribution is 7.19. The van der Waals surface area contributed by atoms with Gasteiger partial charge in [0.2, 0.25) is 0 Å². The van der Waals surface area contributed by atoms with Gasteiger partial charge >= 0.3 is 0 Å². The third-order valence-corrected chi connectivity index (χ3v) is 5.85. The molecule has 0 bridgehead atoms. The fourth-order valence-corrected chi connectivity index (χ4v) is 4.48. The molecule has 0 fully saturated rings. The van der Waals surface area contributed by atoms with Crippen LogP contribution >= 0.6 is 22.7 Å². The maximum absolute atomic E-state index is 3.72. The fraction of sp³-hybridized carbons (Fsp3) is 0.333. The number of hydrogen-bond acceptors (Lipinski definition) is 3. The second kappa shape index (κ2) is 7.21. The van der Waals surface area contributed by atoms with Crippen LogP contribution in [0.5, 0.6) is 0 Å². The molecule has 2 heterocycles. The summed E-state index contributed by atoms with van der Waals surface area (Å²) in [6.07, 6.45) is 3.51. The van der Waals surface area contributed by atoms with Crippen LogP contribution in [0.1, 0.15) is 35.6 Å². The van der Waals surface area contributed by atoms with Gasteiger partial charge in [0.25, 0.3) is 0 Å². The molecule has 110 valence electrons. The Balaban J connectivity index is 1.76. The molecular weight excluding hydrogens is 294 g/mol. The fourth-order valence-electron chi connectivity index (χ4n) is 2.58. The highest BCUT2D eigenvalue weighted by Gasteiger charge is 2.14. The van der Waals surface area contributed by atoms with E-state index < -0.39 is 0 Å². The molecule has 1 N–H and O–H groups in total. The Labute approximate surface area is 134 Å². The molecule has 1 atom stereocenters. The van der Waals surface area contributed by atoms with Gasteiger partial charge in [-0.3, -0.25) is 0 Å². The molecule has 0 saturated carbocycles. The van der Waals surface area contributed by atoms with Crippen LogP contribution in [0, 0.1) is 0 Å². The van der Waals surface area contributed by atoms with E-state index in [-0.39, 0.29) is 0 Å². The molecule has 0 radical (unpaired) electrons. The number of rotatable bonds is 7. The van der Waals surface area contributed by atoms with Gasteiger partial charge in [0, 0.05) is 20.5 Å². The van der Waals surface area contributed by atoms with Crippen LogP contribution in [0.2, 0.25) is 0 Å². The Hall–Kier alpha value is -1.16. The van der Waals surface area contributed by atoms with Crippen LogP contribution in [-0.4, -0.2) is 6.54 Å². The Morgan fingerprint density at radius 2 is 2.05 bits per heavy atom. The monoisotopic (exact) mass is 315 g/mol. The highest BCUT2D eigenvalue weighted by Crippen LogP contribution is 2.32. The van der Waals surface area contributed by atoms with E-state index in [9.17, 15) is 0 Å². The first kappa shape index (κ1) is 14.8. The summed E-state index contributed by atoms with van der Waals surface area (Å²) < 4.78 is 1.40. The molecule has 0 amide bonds. The summed E-state index contributed by atoms with van der Waals surface area (Å²) in [4.78, 5) is 2.96. The quantitative estimate of drug-likeness (QED) is 0.595. The zero-order valence-electron chi connectivity index (χ0n) is 12.3. The van der Waals surface area contributed by atoms with Crippen molar-refractivity contribution in [3.05, 3.63) is 57.6 Å². The van der Waals surface area contributed by atoms with Gasteiger partial charge < -0.3 is 5.32 Å². The third kappa shape index (κ3) is 3.73. The lowest BCUT2D eigenvalue weighted by atomic mass is 10.1. The van der Waals surface area contributed by atoms with Gasteiger partial charge in [-0.25, -0.2) is 0 Å². The second-order valence-electron chi connectivity index (χ2n) is 5.31. The average Bonchev–Trinajstić information content (AvgIpc) is 3.16. The first-order chi connectivity index (χ1) is 10.4. The van der Waals surface area contributed by atoms with Gasteiger partial charge in [0.05, 0.1) is 0 Å². The highest BCUT2D eigenvalue weighted by atomic mass is 32.1. The summed E-state index contributed by atoms with van der Waals surface area (Å²) in [5, 5.41) is 7.27. The number of fused-ring (bicyclic) bond motifs is 1. The zero-order valence-corrected chi connectivity index (χ0v) is 14.0. The molecule has 3 rings (SSSR count). The Kier molecular flexibility index (Phi) is 5.07. The van der Waals surface area contributed by atoms with Crippen LogP contribution in [0.25, 0.3) is 10.1 Å². The number of hydrogen-bond donors (Lipinski definition) is 1. The van der Waals surface area contributed by atoms with Crippen LogP contribution < -0.4 is 5.32 Å². The molecule has 2 aromatic heterocycles. The van der Waals surface area contributed by atoms with Gasteiger partial charge in [0.15, 0.2) is 0 Å². The minimum absolute atomic E-state index is 0.476. The van der Waals surface area contributed by atoms with Crippen molar-refractivity contribution in [1.82, 2.24) is 5.32 Å². The molecule has 0 aliphatic carbocycles. The summed E-state index contributed by atoms with van der Waals surface area (Å²) >= 11 is 3.80. The smallest absolute Gasteiger partial charge is 0.0418 e. The Morgan fingerprint density at radius 1 is 1.14 bits per heavy atom. The molecule has 3 aromatic rings. The van der Waals surface area contributed by atoms with E-state index in [1.807, 2.05) is 22.7 Å². The van der Waals surface area contributed by atoms with Crippen molar-refractivity contribution < 1.29 is 0 Å². The van der Waals surface area contributed by atoms with Crippen molar-refractivity contribution in [2.24, 2.45) is 0 Å². The largest absolute Gasteiger partial charge is 0.309 e. The minimum atomic E-state index is 0.476. The van der Waals surface area contributed by atoms with Crippen LogP contribution in [0.4, 0.5) is 0 Å². The summed E-state index contributed by atoms with van der Waals surface area (Å²) in [7, 11) is 0. The lowest BCUT2D eigenvalue weighted by Crippen LogP contribution is -2.21. The van der Waals surface area contributed by atoms with Crippen molar-refractivity contribution in [3.63, 3.8) is 0 Å². The van der Waals surface area contributed by atoms with Gasteiger partial charge in [0.1, 0.15) is 0 Å². The van der Waals surface area contributed by atoms with Gasteiger partial charge in [-0.1, -0.05) is 31.2 Å². The molecule has 21 heavy (non-hydrogen) atoms. The van der Waals surface area contributed by atoms with Crippen molar-refractivity contribution in [2.45, 2.75) is 32.2 Å². The van der Waals surface area contributed by atoms with E-state index >= 15 is 0 Å². The molecule has 3 heteroatoms. The molecule has 0 aliphatic heterocycles. The lowest BCUT2D eigenvalue weighted by Gasteiger charge is -2.16. The van der Waals surface area contributed by atoms with Crippen molar-refractivity contribution in [2.75, 3.05) is 6.54 Å². The molecule has 1 aromatic carbocycles. The van der Waals surface area contributed by atoms with E-state index in [0.717, 1.165) is 13.0 Å². The van der Waals surface area contributed by atoms with E-state index in [1.54, 1.807) is 0 Å². The number of nitrogens with one attached hydrogen (secondary N) is 1. The topological polar surface area (TPSA) is 12.0 Å². The van der Waals surface area contributed by atoms with Crippen LogP contribution in [0.3, 0.4) is 0 Å². The maximum atomic E-state index is 3.72. The zero-order chi connectivity index (χ0) is 14.5. The molecule has 0 saturated heterocycles. The van der Waals surface area contributed by atoms with Crippen molar-refractivity contribution in [3.8, 4) is 0 Å². The van der Waals surface area contributed by atoms with Crippen LogP contribution in [-0.2, 0) is 6.42 Å². The first-order valence-corrected chi connectivity index (χ1v) is 9.30. The molecule has 1 unspecified atom stereocenters. The Bertz CT molecular complexity index is 636. The Morgan fingerprint density at radius 3 is 2.81 bits per heavy atom. The second-order valence-corrected chi connectivity index (χ2v) is 7.46. The number of aryl methyl sites for hydroxylation is 1. The van der Waals surface area contributed by atoms with Gasteiger partial charge in [-0.05, 0) is 54.8 Å². The molecule has 0 aliphatic rings. The summed E-state index contributed by atoms with van der Waals surface area (Å²) in [5.74, 6) is 0. The van der Waals surface area contributed by atoms with Gasteiger partial charge in [-0.15, -0.1) is 22.7 Å². The van der Waals surface area contributed by atoms with Crippen molar-refractivity contribution >= 4 is 32.8 Å². The van der Waals surface area contributed by atoms with E-state index in [1.165, 1.54) is 32.7 Å². The summed E-state index contributed by atoms with van der Waals surface area (Å²) in [6.45, 7) is 3.32. The third-order valence-electron chi connectivity index (χ3n) is 3.69. The SMILES string of the molecule is CCCNC(CCc1cccs1)c1cc2ccccc2s1. The molecular formula is C18H21NS2. The van der Waals surface area contributed by atoms with E-state index in [0.29, 0.717) is 6.04 Å². The number of thiophene rings is 2. The maximum Gasteiger partial charge on any atom is 0.0418 e. The van der Waals surface area contributed by atoms with Gasteiger partial charge in [-0.2, -0.15) is 0 Å². The van der Waals surface area contributed by atoms with Crippen molar-refractivity contribution in [1.29, 1.82) is 0 Å². The standard InChI is InChI=1S/C18H21NS2/c1-2-11-19-16(10-9-15-7-5-12-20-15)18-13-14-6-3-4-8-17(14)21-18/h3-8,12-13,16,19H,2,9-11H2,1H3. The lowest BCUT2D eigenvalue weighted by molar-refractivity contribution is 0.508. The first-order valence-electron chi connectivity index (χ1n) is 7.61. The van der Waals surface area contributed by atoms with Crippen LogP contribution in [0.15, 0.2) is 47.8 Å². The van der Waals surface area contributed by atoms with E-state index in [2.05, 4.69) is 60.1 Å². The van der Waals surface area contributed by atoms with E-state index in [4.69, 9.17) is 0 Å².